The van der Waals surface area contributed by atoms with Crippen molar-refractivity contribution in [3.05, 3.63) is 189 Å². The first kappa shape index (κ1) is 39.0. The molecule has 0 aliphatic heterocycles. The van der Waals surface area contributed by atoms with Gasteiger partial charge in [-0.3, -0.25) is 14.4 Å². The first-order valence-electron chi connectivity index (χ1n) is 18.3. The number of hydrogen-bond donors (Lipinski definition) is 3. The van der Waals surface area contributed by atoms with E-state index in [-0.39, 0.29) is 11.6 Å². The number of benzene rings is 5. The molecule has 3 amide bonds. The molecule has 2 atom stereocenters. The molecule has 0 radical (unpaired) electrons. The number of anilines is 2. The van der Waals surface area contributed by atoms with Crippen LogP contribution in [-0.2, 0) is 27.2 Å². The number of amides is 3. The number of rotatable bonds is 12. The number of nitrogens with one attached hydrogen (secondary N) is 3. The van der Waals surface area contributed by atoms with Crippen LogP contribution in [0.1, 0.15) is 65.4 Å². The van der Waals surface area contributed by atoms with Gasteiger partial charge in [-0.1, -0.05) is 97.1 Å². The summed E-state index contributed by atoms with van der Waals surface area (Å²) in [4.78, 5) is 56.1. The number of esters is 1. The van der Waals surface area contributed by atoms with Crippen molar-refractivity contribution in [2.24, 2.45) is 0 Å². The molecule has 1 heterocycles. The van der Waals surface area contributed by atoms with Crippen LogP contribution < -0.4 is 16.0 Å². The minimum absolute atomic E-state index is 0.0507. The van der Waals surface area contributed by atoms with E-state index in [0.29, 0.717) is 44.6 Å². The number of hydrogen-bond acceptors (Lipinski definition) is 7. The van der Waals surface area contributed by atoms with Crippen molar-refractivity contribution in [1.82, 2.24) is 5.32 Å². The second-order valence-electron chi connectivity index (χ2n) is 13.4. The molecule has 286 valence electrons. The smallest absolute Gasteiger partial charge is 0.341 e. The van der Waals surface area contributed by atoms with Gasteiger partial charge in [-0.2, -0.15) is 0 Å². The predicted octanol–water partition coefficient (Wildman–Crippen LogP) is 9.83. The Morgan fingerprint density at radius 2 is 1.51 bits per heavy atom. The summed E-state index contributed by atoms with van der Waals surface area (Å²) < 4.78 is 18.9. The van der Waals surface area contributed by atoms with Crippen LogP contribution in [0.5, 0.6) is 0 Å². The molecule has 0 spiro atoms. The van der Waals surface area contributed by atoms with Crippen molar-refractivity contribution >= 4 is 63.6 Å². The van der Waals surface area contributed by atoms with Crippen LogP contribution in [0.15, 0.2) is 150 Å². The Labute approximate surface area is 338 Å². The van der Waals surface area contributed by atoms with E-state index < -0.39 is 28.9 Å². The molecule has 1 aromatic heterocycles. The van der Waals surface area contributed by atoms with Crippen molar-refractivity contribution in [2.75, 3.05) is 17.7 Å². The number of thiophene rings is 1. The Kier molecular flexibility index (Phi) is 12.4. The monoisotopic (exact) mass is 795 g/mol. The highest BCUT2D eigenvalue weighted by Gasteiger charge is 2.32. The molecule has 6 aromatic rings. The van der Waals surface area contributed by atoms with Crippen LogP contribution in [0.25, 0.3) is 6.08 Å². The maximum atomic E-state index is 14.3. The van der Waals surface area contributed by atoms with Gasteiger partial charge < -0.3 is 20.7 Å². The van der Waals surface area contributed by atoms with Crippen LogP contribution in [0, 0.1) is 5.82 Å². The average Bonchev–Trinajstić information content (AvgIpc) is 3.61. The molecule has 8 nitrogen and oxygen atoms in total. The Balaban J connectivity index is 1.13. The SMILES string of the molecule is COC(=O)c1c(NC(=O)C(Sc2cccc(NC(=O)/C(=C/c3ccc(F)cc3)NC(=O)c3ccccc3)c2)c2ccccc2)sc2c1CCC(c1ccccc1)C2. The lowest BCUT2D eigenvalue weighted by molar-refractivity contribution is -0.116. The molecule has 11 heteroatoms. The van der Waals surface area contributed by atoms with Gasteiger partial charge in [0.15, 0.2) is 0 Å². The number of thioether (sulfide) groups is 1. The molecule has 5 aromatic carbocycles. The van der Waals surface area contributed by atoms with Gasteiger partial charge in [-0.25, -0.2) is 9.18 Å². The molecule has 2 unspecified atom stereocenters. The van der Waals surface area contributed by atoms with E-state index in [0.717, 1.165) is 28.8 Å². The van der Waals surface area contributed by atoms with Crippen molar-refractivity contribution in [1.29, 1.82) is 0 Å². The summed E-state index contributed by atoms with van der Waals surface area (Å²) in [5.41, 5.74) is 4.56. The molecular weight excluding hydrogens is 758 g/mol. The first-order chi connectivity index (χ1) is 27.7. The third-order valence-electron chi connectivity index (χ3n) is 9.56. The largest absolute Gasteiger partial charge is 0.465 e. The van der Waals surface area contributed by atoms with Crippen molar-refractivity contribution < 1.29 is 28.3 Å². The lowest BCUT2D eigenvalue weighted by atomic mass is 9.83. The molecular formula is C46H38FN3O5S2. The first-order valence-corrected chi connectivity index (χ1v) is 20.0. The number of carbonyl (C=O) groups excluding carboxylic acids is 4. The summed E-state index contributed by atoms with van der Waals surface area (Å²) in [7, 11) is 1.35. The molecule has 0 fully saturated rings. The van der Waals surface area contributed by atoms with E-state index in [1.54, 1.807) is 48.5 Å². The third kappa shape index (κ3) is 9.57. The van der Waals surface area contributed by atoms with Crippen molar-refractivity contribution in [3.8, 4) is 0 Å². The van der Waals surface area contributed by atoms with Gasteiger partial charge in [0.25, 0.3) is 11.8 Å². The van der Waals surface area contributed by atoms with Gasteiger partial charge in [0, 0.05) is 21.0 Å². The van der Waals surface area contributed by atoms with Gasteiger partial charge in [0.05, 0.1) is 12.7 Å². The van der Waals surface area contributed by atoms with Gasteiger partial charge >= 0.3 is 5.97 Å². The zero-order valence-electron chi connectivity index (χ0n) is 30.9. The highest BCUT2D eigenvalue weighted by molar-refractivity contribution is 8.00. The quantitative estimate of drug-likeness (QED) is 0.0646. The Morgan fingerprint density at radius 1 is 0.825 bits per heavy atom. The fraction of sp³-hybridized carbons (Fsp3) is 0.130. The number of methoxy groups -OCH3 is 1. The molecule has 1 aliphatic rings. The number of halogens is 1. The van der Waals surface area contributed by atoms with Gasteiger partial charge in [0.1, 0.15) is 21.8 Å². The van der Waals surface area contributed by atoms with Crippen LogP contribution in [0.2, 0.25) is 0 Å². The zero-order chi connectivity index (χ0) is 39.7. The van der Waals surface area contributed by atoms with Crippen molar-refractivity contribution in [2.45, 2.75) is 35.3 Å². The fourth-order valence-electron chi connectivity index (χ4n) is 6.73. The second-order valence-corrected chi connectivity index (χ2v) is 15.6. The van der Waals surface area contributed by atoms with Crippen LogP contribution in [-0.4, -0.2) is 30.8 Å². The van der Waals surface area contributed by atoms with E-state index in [1.807, 2.05) is 54.6 Å². The maximum Gasteiger partial charge on any atom is 0.341 e. The van der Waals surface area contributed by atoms with Crippen LogP contribution in [0.3, 0.4) is 0 Å². The van der Waals surface area contributed by atoms with Gasteiger partial charge in [0.2, 0.25) is 5.91 Å². The molecule has 1 aliphatic carbocycles. The Hall–Kier alpha value is -6.30. The molecule has 0 saturated carbocycles. The summed E-state index contributed by atoms with van der Waals surface area (Å²) >= 11 is 2.71. The predicted molar refractivity (Wildman–Crippen MR) is 224 cm³/mol. The standard InChI is InChI=1S/C46H38FN3O5S2/c1-55-46(54)40-37-25-22-33(30-12-5-2-6-13-30)27-39(37)57-45(40)50-44(53)41(31-14-7-3-8-15-31)56-36-19-11-18-35(28-36)48-43(52)38(26-29-20-23-34(47)24-21-29)49-42(51)32-16-9-4-10-17-32/h2-21,23-24,26,28,33,41H,22,25,27H2,1H3,(H,48,52)(H,49,51)(H,50,53)/b38-26-. The fourth-order valence-corrected chi connectivity index (χ4v) is 9.13. The summed E-state index contributed by atoms with van der Waals surface area (Å²) in [5, 5.41) is 8.38. The number of fused-ring (bicyclic) bond motifs is 1. The van der Waals surface area contributed by atoms with Crippen LogP contribution >= 0.6 is 23.1 Å². The van der Waals surface area contributed by atoms with Crippen molar-refractivity contribution in [3.63, 3.8) is 0 Å². The summed E-state index contributed by atoms with van der Waals surface area (Å²) in [5.74, 6) is -2.02. The Bertz CT molecular complexity index is 2420. The zero-order valence-corrected chi connectivity index (χ0v) is 32.5. The summed E-state index contributed by atoms with van der Waals surface area (Å²) in [6.45, 7) is 0. The van der Waals surface area contributed by atoms with E-state index in [4.69, 9.17) is 4.74 Å². The van der Waals surface area contributed by atoms with E-state index in [9.17, 15) is 23.6 Å². The highest BCUT2D eigenvalue weighted by Crippen LogP contribution is 2.44. The van der Waals surface area contributed by atoms with E-state index in [1.165, 1.54) is 66.1 Å². The molecule has 57 heavy (non-hydrogen) atoms. The molecule has 0 bridgehead atoms. The van der Waals surface area contributed by atoms with E-state index in [2.05, 4.69) is 28.1 Å². The summed E-state index contributed by atoms with van der Waals surface area (Å²) in [6, 6.07) is 40.7. The number of carbonyl (C=O) groups is 4. The molecule has 0 saturated heterocycles. The maximum absolute atomic E-state index is 14.3. The Morgan fingerprint density at radius 3 is 2.21 bits per heavy atom. The number of ether oxygens (including phenoxy) is 1. The third-order valence-corrected chi connectivity index (χ3v) is 12.0. The normalized spacial score (nSPS) is 14.1. The van der Waals surface area contributed by atoms with Crippen LogP contribution in [0.4, 0.5) is 15.1 Å². The topological polar surface area (TPSA) is 114 Å². The van der Waals surface area contributed by atoms with Gasteiger partial charge in [-0.05, 0) is 96.0 Å². The second kappa shape index (κ2) is 18.1. The van der Waals surface area contributed by atoms with E-state index >= 15 is 0 Å². The minimum Gasteiger partial charge on any atom is -0.465 e. The lowest BCUT2D eigenvalue weighted by Crippen LogP contribution is -2.30. The highest BCUT2D eigenvalue weighted by atomic mass is 32.2. The molecule has 7 rings (SSSR count). The average molecular weight is 796 g/mol. The van der Waals surface area contributed by atoms with Gasteiger partial charge in [-0.15, -0.1) is 23.1 Å². The summed E-state index contributed by atoms with van der Waals surface area (Å²) in [6.07, 6.45) is 3.80. The molecule has 3 N–H and O–H groups in total. The minimum atomic E-state index is -0.738. The lowest BCUT2D eigenvalue weighted by Gasteiger charge is -2.22.